The Balaban J connectivity index is 1.28. The van der Waals surface area contributed by atoms with Crippen molar-refractivity contribution >= 4 is 42.8 Å². The average Bonchev–Trinajstić information content (AvgIpc) is 4.00. The largest absolute Gasteiger partial charge is 0.461 e. The molecular formula is C51H70O5S2. The van der Waals surface area contributed by atoms with Gasteiger partial charge in [0, 0.05) is 43.1 Å². The molecule has 0 amide bonds. The molecule has 0 bridgehead atoms. The van der Waals surface area contributed by atoms with Crippen LogP contribution in [0.2, 0.25) is 0 Å². The molecular weight excluding hydrogens is 757 g/mol. The Kier molecular flexibility index (Phi) is 15.3. The lowest BCUT2D eigenvalue weighted by Crippen LogP contribution is -2.33. The van der Waals surface area contributed by atoms with Crippen molar-refractivity contribution in [1.29, 1.82) is 0 Å². The predicted octanol–water partition coefficient (Wildman–Crippen LogP) is 16.1. The van der Waals surface area contributed by atoms with E-state index in [0.29, 0.717) is 26.4 Å². The van der Waals surface area contributed by atoms with Crippen molar-refractivity contribution in [3.05, 3.63) is 69.3 Å². The lowest BCUT2D eigenvalue weighted by molar-refractivity contribution is -0.216. The summed E-state index contributed by atoms with van der Waals surface area (Å²) in [7, 11) is 0. The Labute approximate surface area is 357 Å². The van der Waals surface area contributed by atoms with Crippen LogP contribution in [0.15, 0.2) is 40.8 Å². The van der Waals surface area contributed by atoms with Crippen molar-refractivity contribution < 1.29 is 23.4 Å². The highest BCUT2D eigenvalue weighted by Crippen LogP contribution is 2.60. The van der Waals surface area contributed by atoms with Crippen LogP contribution in [0.5, 0.6) is 0 Å². The molecule has 58 heavy (non-hydrogen) atoms. The van der Waals surface area contributed by atoms with Gasteiger partial charge in [-0.05, 0) is 86.2 Å². The van der Waals surface area contributed by atoms with Crippen molar-refractivity contribution in [3.63, 3.8) is 0 Å². The topological polar surface area (TPSA) is 50.1 Å². The van der Waals surface area contributed by atoms with Gasteiger partial charge in [0.2, 0.25) is 11.6 Å². The number of ether oxygens (including phenoxy) is 4. The normalized spacial score (nSPS) is 14.8. The summed E-state index contributed by atoms with van der Waals surface area (Å²) in [4.78, 5) is 2.60. The fraction of sp³-hybridized carbons (Fsp3) is 0.608. The monoisotopic (exact) mass is 826 g/mol. The molecule has 0 fully saturated rings. The van der Waals surface area contributed by atoms with E-state index >= 15 is 0 Å². The van der Waals surface area contributed by atoms with E-state index in [1.54, 1.807) is 0 Å². The molecule has 5 nitrogen and oxygen atoms in total. The van der Waals surface area contributed by atoms with Crippen molar-refractivity contribution in [2.24, 2.45) is 0 Å². The van der Waals surface area contributed by atoms with Gasteiger partial charge in [0.15, 0.2) is 0 Å². The maximum Gasteiger partial charge on any atom is 0.226 e. The van der Waals surface area contributed by atoms with E-state index < -0.39 is 11.6 Å². The minimum Gasteiger partial charge on any atom is -0.461 e. The Morgan fingerprint density at radius 2 is 1.00 bits per heavy atom. The van der Waals surface area contributed by atoms with Gasteiger partial charge in [0.05, 0.1) is 42.3 Å². The molecule has 0 saturated carbocycles. The first-order chi connectivity index (χ1) is 28.4. The van der Waals surface area contributed by atoms with Gasteiger partial charge >= 0.3 is 0 Å². The number of hydrogen-bond donors (Lipinski definition) is 0. The summed E-state index contributed by atoms with van der Waals surface area (Å²) in [6.07, 6.45) is 22.4. The molecule has 0 spiro atoms. The fourth-order valence-electron chi connectivity index (χ4n) is 8.97. The van der Waals surface area contributed by atoms with Crippen molar-refractivity contribution in [2.75, 3.05) is 26.4 Å². The van der Waals surface area contributed by atoms with Gasteiger partial charge in [-0.25, -0.2) is 0 Å². The van der Waals surface area contributed by atoms with Crippen LogP contribution in [-0.2, 0) is 36.9 Å². The summed E-state index contributed by atoms with van der Waals surface area (Å²) in [6.45, 7) is 16.0. The maximum atomic E-state index is 7.07. The lowest BCUT2D eigenvalue weighted by Gasteiger charge is -2.32. The molecule has 0 unspecified atom stereocenters. The molecule has 5 aromatic rings. The van der Waals surface area contributed by atoms with Gasteiger partial charge in [0.25, 0.3) is 0 Å². The summed E-state index contributed by atoms with van der Waals surface area (Å²) >= 11 is 3.75. The maximum absolute atomic E-state index is 7.07. The number of thiophene rings is 2. The van der Waals surface area contributed by atoms with Crippen LogP contribution in [0.1, 0.15) is 183 Å². The first kappa shape index (κ1) is 43.6. The van der Waals surface area contributed by atoms with Crippen molar-refractivity contribution in [3.8, 4) is 21.8 Å². The zero-order chi connectivity index (χ0) is 40.5. The SMILES string of the molecule is CCCCCCCCCCCCc1cc2c(o1)-c1cc3cc4c(cc3cc1C2(OCCCC)OCCCC)-c1sc2cc(C)sc2c1C4(OCCCC)OCCCC. The number of rotatable bonds is 27. The van der Waals surface area contributed by atoms with Crippen LogP contribution in [0, 0.1) is 6.92 Å². The number of aryl methyl sites for hydroxylation is 2. The van der Waals surface area contributed by atoms with E-state index in [2.05, 4.69) is 77.9 Å². The molecule has 316 valence electrons. The highest BCUT2D eigenvalue weighted by molar-refractivity contribution is 7.30. The summed E-state index contributed by atoms with van der Waals surface area (Å²) in [5.41, 5.74) is 6.75. The number of unbranched alkanes of at least 4 members (excludes halogenated alkanes) is 13. The Bertz CT molecular complexity index is 2060. The second kappa shape index (κ2) is 20.4. The smallest absolute Gasteiger partial charge is 0.226 e. The molecule has 7 heteroatoms. The molecule has 2 aliphatic carbocycles. The Morgan fingerprint density at radius 3 is 1.57 bits per heavy atom. The molecule has 0 N–H and O–H groups in total. The Hall–Kier alpha value is -2.52. The molecule has 0 aliphatic heterocycles. The van der Waals surface area contributed by atoms with Crippen LogP contribution in [0.4, 0.5) is 0 Å². The molecule has 2 aliphatic rings. The molecule has 3 heterocycles. The number of furan rings is 1. The molecule has 0 atom stereocenters. The number of fused-ring (bicyclic) bond motifs is 9. The summed E-state index contributed by atoms with van der Waals surface area (Å²) in [6, 6.07) is 14.0. The highest BCUT2D eigenvalue weighted by atomic mass is 32.1. The molecule has 7 rings (SSSR count). The van der Waals surface area contributed by atoms with Gasteiger partial charge < -0.3 is 23.4 Å². The number of benzene rings is 2. The molecule has 0 radical (unpaired) electrons. The van der Waals surface area contributed by atoms with Crippen LogP contribution < -0.4 is 0 Å². The second-order valence-electron chi connectivity index (χ2n) is 16.9. The highest BCUT2D eigenvalue weighted by Gasteiger charge is 2.51. The average molecular weight is 827 g/mol. The zero-order valence-corrected chi connectivity index (χ0v) is 38.2. The third kappa shape index (κ3) is 8.79. The van der Waals surface area contributed by atoms with E-state index in [1.165, 1.54) is 93.5 Å². The minimum atomic E-state index is -0.994. The second-order valence-corrected chi connectivity index (χ2v) is 19.2. The minimum absolute atomic E-state index is 0.629. The predicted molar refractivity (Wildman–Crippen MR) is 246 cm³/mol. The first-order valence-electron chi connectivity index (χ1n) is 23.3. The van der Waals surface area contributed by atoms with Gasteiger partial charge in [-0.15, -0.1) is 22.7 Å². The Morgan fingerprint density at radius 1 is 0.500 bits per heavy atom. The summed E-state index contributed by atoms with van der Waals surface area (Å²) in [5.74, 6) is 0.0180. The van der Waals surface area contributed by atoms with E-state index in [0.717, 1.165) is 103 Å². The first-order valence-corrected chi connectivity index (χ1v) is 24.9. The molecule has 0 saturated heterocycles. The van der Waals surface area contributed by atoms with E-state index in [4.69, 9.17) is 23.4 Å². The van der Waals surface area contributed by atoms with Gasteiger partial charge in [0.1, 0.15) is 11.5 Å². The van der Waals surface area contributed by atoms with Crippen LogP contribution >= 0.6 is 22.7 Å². The van der Waals surface area contributed by atoms with E-state index in [-0.39, 0.29) is 0 Å². The fourth-order valence-corrected chi connectivity index (χ4v) is 11.6. The standard InChI is InChI=1S/C51H70O5S2/c1-7-12-17-18-19-20-21-22-23-24-25-39-35-44-47(56-39)40-31-37-34-43-41(32-38(37)33-42(40)50(44,52-26-13-8-2)53-27-14-9-3)48-46(49-45(58-48)30-36(6)57-49)51(43,54-28-15-10-4)55-29-16-11-5/h30-35H,7-29H2,1-6H3. The molecule has 2 aromatic carbocycles. The molecule has 3 aromatic heterocycles. The van der Waals surface area contributed by atoms with Crippen LogP contribution in [-0.4, -0.2) is 26.4 Å². The van der Waals surface area contributed by atoms with Gasteiger partial charge in [-0.1, -0.05) is 118 Å². The third-order valence-corrected chi connectivity index (χ3v) is 14.6. The lowest BCUT2D eigenvalue weighted by atomic mass is 9.94. The van der Waals surface area contributed by atoms with Gasteiger partial charge in [-0.3, -0.25) is 0 Å². The van der Waals surface area contributed by atoms with Crippen LogP contribution in [0.3, 0.4) is 0 Å². The van der Waals surface area contributed by atoms with Crippen molar-refractivity contribution in [1.82, 2.24) is 0 Å². The van der Waals surface area contributed by atoms with Gasteiger partial charge in [-0.2, -0.15) is 0 Å². The van der Waals surface area contributed by atoms with Crippen LogP contribution in [0.25, 0.3) is 41.9 Å². The summed E-state index contributed by atoms with van der Waals surface area (Å²) < 4.78 is 37.7. The quantitative estimate of drug-likeness (QED) is 0.0390. The number of hydrogen-bond acceptors (Lipinski definition) is 7. The summed E-state index contributed by atoms with van der Waals surface area (Å²) in [5, 5.41) is 2.33. The van der Waals surface area contributed by atoms with E-state index in [1.807, 2.05) is 22.7 Å². The zero-order valence-electron chi connectivity index (χ0n) is 36.6. The third-order valence-electron chi connectivity index (χ3n) is 12.3. The van der Waals surface area contributed by atoms with Crippen molar-refractivity contribution in [2.45, 2.75) is 175 Å². The van der Waals surface area contributed by atoms with E-state index in [9.17, 15) is 0 Å².